The van der Waals surface area contributed by atoms with Crippen LogP contribution in [0, 0.1) is 5.92 Å². The zero-order valence-corrected chi connectivity index (χ0v) is 11.3. The molecule has 1 aliphatic rings. The third-order valence-electron chi connectivity index (χ3n) is 2.79. The van der Waals surface area contributed by atoms with Crippen molar-refractivity contribution in [3.63, 3.8) is 0 Å². The first-order valence-corrected chi connectivity index (χ1v) is 7.14. The van der Waals surface area contributed by atoms with Gasteiger partial charge < -0.3 is 4.74 Å². The molecule has 14 heavy (non-hydrogen) atoms. The van der Waals surface area contributed by atoms with Crippen molar-refractivity contribution in [2.45, 2.75) is 36.6 Å². The molecule has 0 aliphatic heterocycles. The first kappa shape index (κ1) is 13.1. The Labute approximate surface area is 105 Å². The lowest BCUT2D eigenvalue weighted by Crippen LogP contribution is -2.28. The van der Waals surface area contributed by atoms with E-state index in [-0.39, 0.29) is 10.9 Å². The summed E-state index contributed by atoms with van der Waals surface area (Å²) in [6, 6.07) is 0. The summed E-state index contributed by atoms with van der Waals surface area (Å²) in [5.41, 5.74) is 0. The summed E-state index contributed by atoms with van der Waals surface area (Å²) in [5, 5.41) is 0. The van der Waals surface area contributed by atoms with E-state index < -0.39 is 0 Å². The number of hydrogen-bond acceptors (Lipinski definition) is 1. The highest BCUT2D eigenvalue weighted by Gasteiger charge is 2.20. The van der Waals surface area contributed by atoms with E-state index in [4.69, 9.17) is 27.9 Å². The van der Waals surface area contributed by atoms with Gasteiger partial charge in [0.2, 0.25) is 0 Å². The van der Waals surface area contributed by atoms with Crippen molar-refractivity contribution >= 4 is 39.1 Å². The van der Waals surface area contributed by atoms with Gasteiger partial charge in [0.05, 0.1) is 10.9 Å². The molecule has 1 aliphatic carbocycles. The van der Waals surface area contributed by atoms with Crippen LogP contribution in [-0.2, 0) is 4.74 Å². The van der Waals surface area contributed by atoms with Crippen LogP contribution in [-0.4, -0.2) is 29.3 Å². The number of rotatable bonds is 7. The van der Waals surface area contributed by atoms with E-state index in [0.29, 0.717) is 11.8 Å². The summed E-state index contributed by atoms with van der Waals surface area (Å²) in [6.45, 7) is 0.820. The van der Waals surface area contributed by atoms with Crippen molar-refractivity contribution in [1.29, 1.82) is 0 Å². The molecule has 1 saturated carbocycles. The predicted octanol–water partition coefficient (Wildman–Crippen LogP) is 3.80. The molecule has 4 heteroatoms. The van der Waals surface area contributed by atoms with Crippen molar-refractivity contribution in [3.8, 4) is 0 Å². The van der Waals surface area contributed by atoms with Crippen molar-refractivity contribution in [1.82, 2.24) is 0 Å². The van der Waals surface area contributed by atoms with E-state index in [1.165, 1.54) is 25.7 Å². The molecule has 0 heterocycles. The lowest BCUT2D eigenvalue weighted by atomic mass is 9.83. The summed E-state index contributed by atoms with van der Waals surface area (Å²) in [4.78, 5) is 0.169. The van der Waals surface area contributed by atoms with Gasteiger partial charge >= 0.3 is 0 Å². The highest BCUT2D eigenvalue weighted by Crippen LogP contribution is 2.29. The van der Waals surface area contributed by atoms with Crippen LogP contribution in [0.1, 0.15) is 25.7 Å². The van der Waals surface area contributed by atoms with Gasteiger partial charge in [-0.15, -0.1) is 23.2 Å². The summed E-state index contributed by atoms with van der Waals surface area (Å²) < 4.78 is 5.69. The minimum absolute atomic E-state index is 0.0502. The van der Waals surface area contributed by atoms with Gasteiger partial charge in [-0.2, -0.15) is 0 Å². The highest BCUT2D eigenvalue weighted by atomic mass is 79.9. The monoisotopic (exact) mass is 302 g/mol. The number of alkyl halides is 3. The normalized spacial score (nSPS) is 21.6. The second kappa shape index (κ2) is 7.32. The van der Waals surface area contributed by atoms with E-state index in [0.717, 1.165) is 12.5 Å². The van der Waals surface area contributed by atoms with Crippen LogP contribution in [0.4, 0.5) is 0 Å². The average Bonchev–Trinajstić information content (AvgIpc) is 2.14. The molecule has 0 amide bonds. The van der Waals surface area contributed by atoms with Gasteiger partial charge in [-0.25, -0.2) is 0 Å². The predicted molar refractivity (Wildman–Crippen MR) is 65.9 cm³/mol. The fourth-order valence-corrected chi connectivity index (χ4v) is 2.57. The summed E-state index contributed by atoms with van der Waals surface area (Å²) in [5.74, 6) is 1.95. The van der Waals surface area contributed by atoms with Gasteiger partial charge in [0.1, 0.15) is 0 Å². The highest BCUT2D eigenvalue weighted by molar-refractivity contribution is 9.09. The summed E-state index contributed by atoms with van der Waals surface area (Å²) >= 11 is 15.0. The number of halogens is 3. The van der Waals surface area contributed by atoms with Crippen molar-refractivity contribution in [3.05, 3.63) is 0 Å². The number of ether oxygens (including phenoxy) is 1. The lowest BCUT2D eigenvalue weighted by Gasteiger charge is -2.26. The molecule has 0 N–H and O–H groups in total. The van der Waals surface area contributed by atoms with Crippen LogP contribution in [0.3, 0.4) is 0 Å². The molecule has 0 aromatic heterocycles. The molecule has 0 spiro atoms. The van der Waals surface area contributed by atoms with E-state index in [1.54, 1.807) is 0 Å². The van der Waals surface area contributed by atoms with Crippen LogP contribution in [0.25, 0.3) is 0 Å². The molecule has 1 nitrogen and oxygen atoms in total. The molecular weight excluding hydrogens is 287 g/mol. The Balaban J connectivity index is 2.06. The van der Waals surface area contributed by atoms with Crippen LogP contribution >= 0.6 is 39.1 Å². The van der Waals surface area contributed by atoms with Crippen LogP contribution in [0.2, 0.25) is 0 Å². The Kier molecular flexibility index (Phi) is 6.84. The van der Waals surface area contributed by atoms with Gasteiger partial charge in [-0.3, -0.25) is 0 Å². The van der Waals surface area contributed by atoms with Gasteiger partial charge in [-0.1, -0.05) is 35.2 Å². The average molecular weight is 304 g/mol. The summed E-state index contributed by atoms with van der Waals surface area (Å²) in [7, 11) is 0. The van der Waals surface area contributed by atoms with Crippen LogP contribution < -0.4 is 0 Å². The summed E-state index contributed by atoms with van der Waals surface area (Å²) in [6.07, 6.45) is 5.38. The van der Waals surface area contributed by atoms with Gasteiger partial charge in [0.15, 0.2) is 0 Å². The second-order valence-electron chi connectivity index (χ2n) is 3.82. The standard InChI is InChI=1S/C10H17BrCl2O/c11-9(6-12)10(7-13)14-5-4-8-2-1-3-8/h8-10H,1-7H2. The SMILES string of the molecule is ClCC(Br)C(CCl)OCCC1CCC1. The maximum atomic E-state index is 5.79. The third-order valence-corrected chi connectivity index (χ3v) is 4.71. The molecule has 0 aromatic carbocycles. The Morgan fingerprint density at radius 1 is 1.29 bits per heavy atom. The van der Waals surface area contributed by atoms with Crippen LogP contribution in [0.5, 0.6) is 0 Å². The molecule has 0 saturated heterocycles. The van der Waals surface area contributed by atoms with Crippen molar-refractivity contribution in [2.75, 3.05) is 18.4 Å². The Bertz CT molecular complexity index is 153. The molecule has 1 rings (SSSR count). The van der Waals surface area contributed by atoms with Gasteiger partial charge in [-0.05, 0) is 12.3 Å². The zero-order valence-electron chi connectivity index (χ0n) is 8.22. The fraction of sp³-hybridized carbons (Fsp3) is 1.00. The zero-order chi connectivity index (χ0) is 10.4. The maximum absolute atomic E-state index is 5.79. The van der Waals surface area contributed by atoms with E-state index >= 15 is 0 Å². The van der Waals surface area contributed by atoms with Crippen LogP contribution in [0.15, 0.2) is 0 Å². The second-order valence-corrected chi connectivity index (χ2v) is 5.61. The Hall–Kier alpha value is 1.02. The number of hydrogen-bond donors (Lipinski definition) is 0. The molecule has 1 fully saturated rings. The Morgan fingerprint density at radius 2 is 2.00 bits per heavy atom. The largest absolute Gasteiger partial charge is 0.376 e. The van der Waals surface area contributed by atoms with E-state index in [9.17, 15) is 0 Å². The first-order chi connectivity index (χ1) is 6.77. The molecule has 2 unspecified atom stereocenters. The minimum Gasteiger partial charge on any atom is -0.376 e. The molecule has 2 atom stereocenters. The van der Waals surface area contributed by atoms with Crippen molar-refractivity contribution in [2.24, 2.45) is 5.92 Å². The topological polar surface area (TPSA) is 9.23 Å². The van der Waals surface area contributed by atoms with E-state index in [2.05, 4.69) is 15.9 Å². The fourth-order valence-electron chi connectivity index (χ4n) is 1.51. The van der Waals surface area contributed by atoms with Gasteiger partial charge in [0, 0.05) is 18.4 Å². The Morgan fingerprint density at radius 3 is 2.43 bits per heavy atom. The maximum Gasteiger partial charge on any atom is 0.0846 e. The third kappa shape index (κ3) is 4.26. The van der Waals surface area contributed by atoms with E-state index in [1.807, 2.05) is 0 Å². The van der Waals surface area contributed by atoms with Gasteiger partial charge in [0.25, 0.3) is 0 Å². The smallest absolute Gasteiger partial charge is 0.0846 e. The molecule has 0 bridgehead atoms. The minimum atomic E-state index is 0.0502. The molecule has 0 aromatic rings. The van der Waals surface area contributed by atoms with Crippen molar-refractivity contribution < 1.29 is 4.74 Å². The molecular formula is C10H17BrCl2O. The lowest BCUT2D eigenvalue weighted by molar-refractivity contribution is 0.0538. The quantitative estimate of drug-likeness (QED) is 0.650. The first-order valence-electron chi connectivity index (χ1n) is 5.15. The molecule has 0 radical (unpaired) electrons. The molecule has 84 valence electrons.